The van der Waals surface area contributed by atoms with Crippen LogP contribution in [0.4, 0.5) is 10.5 Å². The van der Waals surface area contributed by atoms with Crippen LogP contribution in [0.3, 0.4) is 0 Å². The van der Waals surface area contributed by atoms with Crippen molar-refractivity contribution >= 4 is 35.2 Å². The Balaban J connectivity index is 2.15. The molecule has 1 heterocycles. The minimum atomic E-state index is -0.0857. The molecule has 0 aliphatic rings. The van der Waals surface area contributed by atoms with Gasteiger partial charge in [-0.1, -0.05) is 70.7 Å². The van der Waals surface area contributed by atoms with E-state index < -0.39 is 0 Å². The van der Waals surface area contributed by atoms with E-state index in [9.17, 15) is 4.79 Å². The molecule has 0 spiro atoms. The Morgan fingerprint density at radius 1 is 0.971 bits per heavy atom. The lowest BCUT2D eigenvalue weighted by atomic mass is 10.0. The van der Waals surface area contributed by atoms with Crippen LogP contribution in [0.25, 0.3) is 0 Å². The molecule has 2 aromatic rings. The van der Waals surface area contributed by atoms with Crippen molar-refractivity contribution in [3.05, 3.63) is 41.2 Å². The Hall–Kier alpha value is -1.73. The van der Waals surface area contributed by atoms with E-state index in [1.54, 1.807) is 0 Å². The third kappa shape index (κ3) is 9.49. The van der Waals surface area contributed by atoms with Gasteiger partial charge < -0.3 is 10.2 Å². The molecule has 0 atom stereocenters. The summed E-state index contributed by atoms with van der Waals surface area (Å²) in [5.41, 5.74) is 3.24. The lowest BCUT2D eigenvalue weighted by Crippen LogP contribution is -2.35. The van der Waals surface area contributed by atoms with Crippen molar-refractivity contribution in [3.8, 4) is 0 Å². The number of carbonyl (C=O) groups is 1. The fourth-order valence-corrected chi connectivity index (χ4v) is 4.97. The number of amides is 2. The summed E-state index contributed by atoms with van der Waals surface area (Å²) in [5.74, 6) is 1.42. The van der Waals surface area contributed by atoms with E-state index in [4.69, 9.17) is 0 Å². The van der Waals surface area contributed by atoms with E-state index in [0.717, 1.165) is 52.9 Å². The molecule has 0 saturated carbocycles. The van der Waals surface area contributed by atoms with Crippen molar-refractivity contribution in [3.63, 3.8) is 0 Å². The maximum atomic E-state index is 13.4. The van der Waals surface area contributed by atoms with E-state index in [1.165, 1.54) is 54.8 Å². The van der Waals surface area contributed by atoms with Crippen LogP contribution < -0.4 is 5.32 Å². The average Bonchev–Trinajstić information content (AvgIpc) is 2.83. The summed E-state index contributed by atoms with van der Waals surface area (Å²) in [6.07, 6.45) is 12.1. The first kappa shape index (κ1) is 28.5. The van der Waals surface area contributed by atoms with Crippen molar-refractivity contribution in [2.75, 3.05) is 24.4 Å². The number of hydrogen-bond acceptors (Lipinski definition) is 5. The summed E-state index contributed by atoms with van der Waals surface area (Å²) >= 11 is 3.07. The van der Waals surface area contributed by atoms with Gasteiger partial charge in [-0.2, -0.15) is 0 Å². The van der Waals surface area contributed by atoms with Crippen molar-refractivity contribution in [1.82, 2.24) is 14.9 Å². The van der Waals surface area contributed by atoms with Crippen LogP contribution in [0.15, 0.2) is 34.3 Å². The first-order valence-corrected chi connectivity index (χ1v) is 14.9. The van der Waals surface area contributed by atoms with Crippen molar-refractivity contribution < 1.29 is 4.79 Å². The van der Waals surface area contributed by atoms with Gasteiger partial charge in [0.15, 0.2) is 0 Å². The highest BCUT2D eigenvalue weighted by atomic mass is 32.2. The lowest BCUT2D eigenvalue weighted by molar-refractivity contribution is 0.207. The number of nitrogens with zero attached hydrogens (tertiary/aromatic N) is 3. The van der Waals surface area contributed by atoms with Gasteiger partial charge in [-0.15, -0.1) is 23.5 Å². The zero-order valence-electron chi connectivity index (χ0n) is 21.8. The molecule has 7 heteroatoms. The third-order valence-corrected chi connectivity index (χ3v) is 7.16. The van der Waals surface area contributed by atoms with Gasteiger partial charge in [-0.3, -0.25) is 0 Å². The van der Waals surface area contributed by atoms with Crippen LogP contribution in [0.1, 0.15) is 76.2 Å². The Kier molecular flexibility index (Phi) is 12.8. The second-order valence-corrected chi connectivity index (χ2v) is 10.8. The van der Waals surface area contributed by atoms with Crippen LogP contribution in [0.5, 0.6) is 0 Å². The summed E-state index contributed by atoms with van der Waals surface area (Å²) in [6.45, 7) is 9.96. The van der Waals surface area contributed by atoms with Crippen LogP contribution in [0, 0.1) is 12.8 Å². The van der Waals surface area contributed by atoms with Crippen molar-refractivity contribution in [2.45, 2.75) is 89.2 Å². The fraction of sp³-hybridized carbons (Fsp3) is 0.593. The molecule has 2 amide bonds. The second kappa shape index (κ2) is 15.3. The van der Waals surface area contributed by atoms with Crippen LogP contribution >= 0.6 is 23.5 Å². The number of rotatable bonds is 14. The summed E-state index contributed by atoms with van der Waals surface area (Å²) in [7, 11) is 0. The maximum Gasteiger partial charge on any atom is 0.322 e. The van der Waals surface area contributed by atoms with Crippen LogP contribution in [-0.4, -0.2) is 40.0 Å². The van der Waals surface area contributed by atoms with Gasteiger partial charge in [0.2, 0.25) is 0 Å². The number of hydrogen-bond donors (Lipinski definition) is 1. The maximum absolute atomic E-state index is 13.4. The zero-order chi connectivity index (χ0) is 24.9. The standard InChI is InChI=1S/C27H42N4OS2/c1-7-8-9-10-11-18-31(19-23-16-14-22(15-17-23)13-12-20(2)3)27(32)30-24-25(33-5)28-21(4)29-26(24)34-6/h14-17,20H,7-13,18-19H2,1-6H3,(H,30,32). The number of unbranched alkanes of at least 4 members (excludes halogenated alkanes) is 4. The predicted molar refractivity (Wildman–Crippen MR) is 148 cm³/mol. The van der Waals surface area contributed by atoms with Gasteiger partial charge in [0.05, 0.1) is 0 Å². The van der Waals surface area contributed by atoms with Gasteiger partial charge in [-0.25, -0.2) is 14.8 Å². The van der Waals surface area contributed by atoms with E-state index in [1.807, 2.05) is 24.3 Å². The number of benzene rings is 1. The van der Waals surface area contributed by atoms with Gasteiger partial charge in [-0.05, 0) is 55.7 Å². The zero-order valence-corrected chi connectivity index (χ0v) is 23.5. The minimum absolute atomic E-state index is 0.0857. The number of anilines is 1. The number of nitrogens with one attached hydrogen (secondary N) is 1. The number of urea groups is 1. The highest BCUT2D eigenvalue weighted by molar-refractivity contribution is 7.99. The lowest BCUT2D eigenvalue weighted by Gasteiger charge is -2.24. The molecule has 0 radical (unpaired) electrons. The van der Waals surface area contributed by atoms with Crippen LogP contribution in [0.2, 0.25) is 0 Å². The molecule has 0 aliphatic carbocycles. The molecule has 5 nitrogen and oxygen atoms in total. The molecule has 1 aromatic heterocycles. The SMILES string of the molecule is CCCCCCCN(Cc1ccc(CCC(C)C)cc1)C(=O)Nc1c(SC)nc(C)nc1SC. The first-order valence-electron chi connectivity index (χ1n) is 12.5. The van der Waals surface area contributed by atoms with Gasteiger partial charge in [0.1, 0.15) is 21.6 Å². The fourth-order valence-electron chi connectivity index (χ4n) is 3.76. The van der Waals surface area contributed by atoms with Gasteiger partial charge in [0.25, 0.3) is 0 Å². The highest BCUT2D eigenvalue weighted by Crippen LogP contribution is 2.32. The quantitative estimate of drug-likeness (QED) is 0.162. The normalized spacial score (nSPS) is 11.1. The Labute approximate surface area is 215 Å². The van der Waals surface area contributed by atoms with E-state index in [2.05, 4.69) is 60.3 Å². The number of thioether (sulfide) groups is 2. The molecule has 0 saturated heterocycles. The molecule has 2 rings (SSSR count). The Morgan fingerprint density at radius 2 is 1.56 bits per heavy atom. The second-order valence-electron chi connectivity index (χ2n) is 9.18. The minimum Gasteiger partial charge on any atom is -0.320 e. The largest absolute Gasteiger partial charge is 0.322 e. The molecule has 0 aliphatic heterocycles. The predicted octanol–water partition coefficient (Wildman–Crippen LogP) is 7.82. The molecule has 0 bridgehead atoms. The van der Waals surface area contributed by atoms with E-state index in [-0.39, 0.29) is 6.03 Å². The van der Waals surface area contributed by atoms with E-state index >= 15 is 0 Å². The summed E-state index contributed by atoms with van der Waals surface area (Å²) < 4.78 is 0. The topological polar surface area (TPSA) is 58.1 Å². The summed E-state index contributed by atoms with van der Waals surface area (Å²) in [4.78, 5) is 24.5. The monoisotopic (exact) mass is 502 g/mol. The van der Waals surface area contributed by atoms with Gasteiger partial charge in [0, 0.05) is 13.1 Å². The van der Waals surface area contributed by atoms with Crippen LogP contribution in [-0.2, 0) is 13.0 Å². The average molecular weight is 503 g/mol. The Morgan fingerprint density at radius 3 is 2.12 bits per heavy atom. The number of aromatic nitrogens is 2. The number of aryl methyl sites for hydroxylation is 2. The highest BCUT2D eigenvalue weighted by Gasteiger charge is 2.19. The molecule has 188 valence electrons. The summed E-state index contributed by atoms with van der Waals surface area (Å²) in [6, 6.07) is 8.67. The molecule has 34 heavy (non-hydrogen) atoms. The third-order valence-electron chi connectivity index (χ3n) is 5.80. The molecule has 0 unspecified atom stereocenters. The van der Waals surface area contributed by atoms with Crippen molar-refractivity contribution in [2.24, 2.45) is 5.92 Å². The van der Waals surface area contributed by atoms with Gasteiger partial charge >= 0.3 is 6.03 Å². The molecular formula is C27H42N4OS2. The summed E-state index contributed by atoms with van der Waals surface area (Å²) in [5, 5.41) is 4.76. The first-order chi connectivity index (χ1) is 16.4. The Bertz CT molecular complexity index is 862. The molecular weight excluding hydrogens is 460 g/mol. The van der Waals surface area contributed by atoms with E-state index in [0.29, 0.717) is 12.5 Å². The smallest absolute Gasteiger partial charge is 0.320 e. The number of carbonyl (C=O) groups excluding carboxylic acids is 1. The molecule has 1 N–H and O–H groups in total. The van der Waals surface area contributed by atoms with Crippen molar-refractivity contribution in [1.29, 1.82) is 0 Å². The molecule has 1 aromatic carbocycles. The molecule has 0 fully saturated rings.